The van der Waals surface area contributed by atoms with Crippen LogP contribution in [0.5, 0.6) is 0 Å². The van der Waals surface area contributed by atoms with E-state index in [-0.39, 0.29) is 6.04 Å². The van der Waals surface area contributed by atoms with E-state index in [0.717, 1.165) is 30.8 Å². The number of hydrogen-bond donors (Lipinski definition) is 3. The molecule has 0 aromatic heterocycles. The summed E-state index contributed by atoms with van der Waals surface area (Å²) in [7, 11) is 2.03. The lowest BCUT2D eigenvalue weighted by atomic mass is 10.1. The number of rotatable bonds is 4. The number of hydrazine groups is 1. The maximum Gasteiger partial charge on any atom is 0.327 e. The van der Waals surface area contributed by atoms with Crippen LogP contribution >= 0.6 is 0 Å². The fourth-order valence-corrected chi connectivity index (χ4v) is 2.17. The van der Waals surface area contributed by atoms with E-state index in [1.54, 1.807) is 0 Å². The van der Waals surface area contributed by atoms with Crippen LogP contribution in [0.4, 0.5) is 0 Å². The molecule has 1 aromatic carbocycles. The summed E-state index contributed by atoms with van der Waals surface area (Å²) >= 11 is 0. The van der Waals surface area contributed by atoms with E-state index in [9.17, 15) is 9.59 Å². The first-order valence-corrected chi connectivity index (χ1v) is 7.35. The van der Waals surface area contributed by atoms with Crippen LogP contribution in [0.2, 0.25) is 0 Å². The number of benzene rings is 1. The van der Waals surface area contributed by atoms with Crippen LogP contribution in [-0.4, -0.2) is 36.9 Å². The first-order chi connectivity index (χ1) is 10.6. The Morgan fingerprint density at radius 1 is 1.18 bits per heavy atom. The highest BCUT2D eigenvalue weighted by atomic mass is 16.2. The molecule has 2 rings (SSSR count). The zero-order valence-electron chi connectivity index (χ0n) is 12.9. The number of likely N-dealkylation sites (N-methyl/N-ethyl adjacent to an activating group) is 1. The smallest absolute Gasteiger partial charge is 0.327 e. The largest absolute Gasteiger partial charge is 0.341 e. The molecule has 0 radical (unpaired) electrons. The molecule has 3 N–H and O–H groups in total. The quantitative estimate of drug-likeness (QED) is 0.565. The summed E-state index contributed by atoms with van der Waals surface area (Å²) in [6.45, 7) is 3.59. The summed E-state index contributed by atoms with van der Waals surface area (Å²) in [5.74, 6) is -1.35. The highest BCUT2D eigenvalue weighted by Crippen LogP contribution is 2.10. The predicted molar refractivity (Wildman–Crippen MR) is 84.5 cm³/mol. The van der Waals surface area contributed by atoms with Crippen molar-refractivity contribution in [2.75, 3.05) is 20.1 Å². The predicted octanol–water partition coefficient (Wildman–Crippen LogP) is 0.704. The molecule has 0 aliphatic carbocycles. The van der Waals surface area contributed by atoms with Crippen LogP contribution in [0.25, 0.3) is 0 Å². The molecule has 0 saturated carbocycles. The van der Waals surface area contributed by atoms with E-state index in [1.807, 2.05) is 50.4 Å². The zero-order chi connectivity index (χ0) is 15.9. The van der Waals surface area contributed by atoms with Gasteiger partial charge in [-0.1, -0.05) is 30.3 Å². The van der Waals surface area contributed by atoms with Crippen LogP contribution in [0.1, 0.15) is 24.9 Å². The van der Waals surface area contributed by atoms with Gasteiger partial charge in [-0.15, -0.1) is 0 Å². The first-order valence-electron chi connectivity index (χ1n) is 7.35. The SMILES string of the molecule is C[C@H](NC(=O)C(=O)NNC1=CCN(C)CC1)c1ccccc1. The molecule has 0 bridgehead atoms. The lowest BCUT2D eigenvalue weighted by Gasteiger charge is -2.22. The summed E-state index contributed by atoms with van der Waals surface area (Å²) in [4.78, 5) is 25.8. The van der Waals surface area contributed by atoms with Crippen molar-refractivity contribution >= 4 is 11.8 Å². The van der Waals surface area contributed by atoms with E-state index >= 15 is 0 Å². The Kier molecular flexibility index (Phi) is 5.55. The van der Waals surface area contributed by atoms with Crippen molar-refractivity contribution in [1.82, 2.24) is 21.1 Å². The molecule has 0 fully saturated rings. The van der Waals surface area contributed by atoms with Crippen LogP contribution < -0.4 is 16.2 Å². The summed E-state index contributed by atoms with van der Waals surface area (Å²) in [6.07, 6.45) is 2.81. The molecular weight excluding hydrogens is 280 g/mol. The Morgan fingerprint density at radius 2 is 1.91 bits per heavy atom. The number of carbonyl (C=O) groups is 2. The second kappa shape index (κ2) is 7.61. The van der Waals surface area contributed by atoms with Crippen molar-refractivity contribution < 1.29 is 9.59 Å². The number of nitrogens with one attached hydrogen (secondary N) is 3. The van der Waals surface area contributed by atoms with E-state index in [1.165, 1.54) is 0 Å². The average molecular weight is 302 g/mol. The molecular formula is C16H22N4O2. The molecule has 0 spiro atoms. The van der Waals surface area contributed by atoms with Crippen molar-refractivity contribution in [3.05, 3.63) is 47.7 Å². The number of amides is 2. The van der Waals surface area contributed by atoms with Gasteiger partial charge in [-0.2, -0.15) is 0 Å². The standard InChI is InChI=1S/C16H22N4O2/c1-12(13-6-4-3-5-7-13)17-15(21)16(22)19-18-14-8-10-20(2)11-9-14/h3-8,12,18H,9-11H2,1-2H3,(H,17,21)(H,19,22)/t12-/m0/s1. The van der Waals surface area contributed by atoms with Gasteiger partial charge in [-0.05, 0) is 25.6 Å². The third-order valence-corrected chi connectivity index (χ3v) is 3.60. The molecule has 1 aliphatic rings. The van der Waals surface area contributed by atoms with Crippen molar-refractivity contribution in [2.45, 2.75) is 19.4 Å². The molecule has 6 nitrogen and oxygen atoms in total. The van der Waals surface area contributed by atoms with Gasteiger partial charge in [0.2, 0.25) is 0 Å². The average Bonchev–Trinajstić information content (AvgIpc) is 2.54. The highest BCUT2D eigenvalue weighted by molar-refractivity contribution is 6.35. The maximum absolute atomic E-state index is 11.9. The molecule has 0 unspecified atom stereocenters. The van der Waals surface area contributed by atoms with Gasteiger partial charge in [0.25, 0.3) is 0 Å². The number of hydrogen-bond acceptors (Lipinski definition) is 4. The van der Waals surface area contributed by atoms with Crippen molar-refractivity contribution in [2.24, 2.45) is 0 Å². The molecule has 2 amide bonds. The van der Waals surface area contributed by atoms with Gasteiger partial charge in [0.15, 0.2) is 0 Å². The Balaban J connectivity index is 1.79. The van der Waals surface area contributed by atoms with E-state index in [0.29, 0.717) is 0 Å². The molecule has 118 valence electrons. The summed E-state index contributed by atoms with van der Waals surface area (Å²) in [5, 5.41) is 2.67. The third-order valence-electron chi connectivity index (χ3n) is 3.60. The van der Waals surface area contributed by atoms with Gasteiger partial charge < -0.3 is 15.6 Å². The second-order valence-electron chi connectivity index (χ2n) is 5.43. The summed E-state index contributed by atoms with van der Waals surface area (Å²) < 4.78 is 0. The first kappa shape index (κ1) is 16.0. The summed E-state index contributed by atoms with van der Waals surface area (Å²) in [6, 6.07) is 9.29. The Bertz CT molecular complexity index is 557. The van der Waals surface area contributed by atoms with Crippen molar-refractivity contribution in [3.8, 4) is 0 Å². The topological polar surface area (TPSA) is 73.5 Å². The molecule has 6 heteroatoms. The lowest BCUT2D eigenvalue weighted by molar-refractivity contribution is -0.140. The fourth-order valence-electron chi connectivity index (χ4n) is 2.17. The Morgan fingerprint density at radius 3 is 2.55 bits per heavy atom. The molecule has 1 heterocycles. The van der Waals surface area contributed by atoms with Crippen LogP contribution in [-0.2, 0) is 9.59 Å². The van der Waals surface area contributed by atoms with Crippen molar-refractivity contribution in [3.63, 3.8) is 0 Å². The van der Waals surface area contributed by atoms with Gasteiger partial charge in [-0.25, -0.2) is 0 Å². The van der Waals surface area contributed by atoms with Gasteiger partial charge in [0.05, 0.1) is 6.04 Å². The van der Waals surface area contributed by atoms with Gasteiger partial charge >= 0.3 is 11.8 Å². The number of carbonyl (C=O) groups excluding carboxylic acids is 2. The third kappa shape index (κ3) is 4.60. The minimum Gasteiger partial charge on any atom is -0.341 e. The highest BCUT2D eigenvalue weighted by Gasteiger charge is 2.17. The zero-order valence-corrected chi connectivity index (χ0v) is 12.9. The van der Waals surface area contributed by atoms with Crippen LogP contribution in [0.15, 0.2) is 42.1 Å². The van der Waals surface area contributed by atoms with Gasteiger partial charge in [0.1, 0.15) is 0 Å². The van der Waals surface area contributed by atoms with E-state index < -0.39 is 11.8 Å². The molecule has 1 atom stereocenters. The summed E-state index contributed by atoms with van der Waals surface area (Å²) in [5.41, 5.74) is 7.13. The van der Waals surface area contributed by atoms with Crippen LogP contribution in [0, 0.1) is 0 Å². The fraction of sp³-hybridized carbons (Fsp3) is 0.375. The Hall–Kier alpha value is -2.34. The molecule has 1 aromatic rings. The molecule has 1 aliphatic heterocycles. The van der Waals surface area contributed by atoms with E-state index in [4.69, 9.17) is 0 Å². The minimum absolute atomic E-state index is 0.220. The monoisotopic (exact) mass is 302 g/mol. The normalized spacial score (nSPS) is 16.4. The number of nitrogens with zero attached hydrogens (tertiary/aromatic N) is 1. The molecule has 22 heavy (non-hydrogen) atoms. The van der Waals surface area contributed by atoms with Gasteiger partial charge in [0, 0.05) is 25.2 Å². The minimum atomic E-state index is -0.692. The van der Waals surface area contributed by atoms with Crippen molar-refractivity contribution in [1.29, 1.82) is 0 Å². The van der Waals surface area contributed by atoms with Gasteiger partial charge in [-0.3, -0.25) is 15.0 Å². The maximum atomic E-state index is 11.9. The lowest BCUT2D eigenvalue weighted by Crippen LogP contribution is -2.47. The second-order valence-corrected chi connectivity index (χ2v) is 5.43. The van der Waals surface area contributed by atoms with E-state index in [2.05, 4.69) is 21.1 Å². The molecule has 0 saturated heterocycles. The Labute approximate surface area is 130 Å². The van der Waals surface area contributed by atoms with Crippen LogP contribution in [0.3, 0.4) is 0 Å².